The Kier molecular flexibility index (Phi) is 4.77. The molecule has 0 bridgehead atoms. The second-order valence-corrected chi connectivity index (χ2v) is 5.43. The van der Waals surface area contributed by atoms with Crippen LogP contribution in [0.4, 0.5) is 0 Å². The molecular weight excluding hydrogens is 240 g/mol. The lowest BCUT2D eigenvalue weighted by Gasteiger charge is -2.29. The number of nitrogens with zero attached hydrogens (tertiary/aromatic N) is 1. The summed E-state index contributed by atoms with van der Waals surface area (Å²) in [5.74, 6) is 0.666. The minimum Gasteiger partial charge on any atom is -0.353 e. The van der Waals surface area contributed by atoms with E-state index in [4.69, 9.17) is 0 Å². The van der Waals surface area contributed by atoms with Gasteiger partial charge < -0.3 is 9.88 Å². The van der Waals surface area contributed by atoms with Crippen molar-refractivity contribution in [1.82, 2.24) is 9.88 Å². The van der Waals surface area contributed by atoms with E-state index in [1.807, 2.05) is 16.8 Å². The number of amides is 1. The summed E-state index contributed by atoms with van der Waals surface area (Å²) >= 11 is 0. The smallest absolute Gasteiger partial charge is 0.222 e. The lowest BCUT2D eigenvalue weighted by Crippen LogP contribution is -2.41. The van der Waals surface area contributed by atoms with Crippen molar-refractivity contribution < 1.29 is 9.59 Å². The molecule has 1 aromatic rings. The summed E-state index contributed by atoms with van der Waals surface area (Å²) in [6.07, 6.45) is 7.87. The first-order valence-electron chi connectivity index (χ1n) is 7.10. The van der Waals surface area contributed by atoms with Crippen LogP contribution < -0.4 is 5.32 Å². The lowest BCUT2D eigenvalue weighted by molar-refractivity contribution is -0.122. The van der Waals surface area contributed by atoms with Crippen LogP contribution in [-0.2, 0) is 11.3 Å². The largest absolute Gasteiger partial charge is 0.353 e. The first-order valence-corrected chi connectivity index (χ1v) is 7.10. The molecule has 1 fully saturated rings. The van der Waals surface area contributed by atoms with Crippen molar-refractivity contribution in [1.29, 1.82) is 0 Å². The van der Waals surface area contributed by atoms with E-state index in [1.165, 1.54) is 19.3 Å². The Morgan fingerprint density at radius 3 is 3.00 bits per heavy atom. The highest BCUT2D eigenvalue weighted by molar-refractivity contribution is 5.76. The Bertz CT molecular complexity index is 439. The summed E-state index contributed by atoms with van der Waals surface area (Å²) in [7, 11) is 0. The molecule has 4 heteroatoms. The van der Waals surface area contributed by atoms with E-state index < -0.39 is 0 Å². The molecule has 0 aromatic carbocycles. The fourth-order valence-corrected chi connectivity index (χ4v) is 2.77. The summed E-state index contributed by atoms with van der Waals surface area (Å²) < 4.78 is 1.82. The molecule has 19 heavy (non-hydrogen) atoms. The molecule has 1 saturated carbocycles. The number of hydrogen-bond donors (Lipinski definition) is 1. The van der Waals surface area contributed by atoms with Gasteiger partial charge in [-0.25, -0.2) is 0 Å². The molecule has 1 aromatic heterocycles. The summed E-state index contributed by atoms with van der Waals surface area (Å²) in [4.78, 5) is 22.7. The minimum atomic E-state index is 0.0873. The maximum absolute atomic E-state index is 11.9. The average Bonchev–Trinajstić information content (AvgIpc) is 2.86. The molecular formula is C15H22N2O2. The zero-order valence-electron chi connectivity index (χ0n) is 11.5. The van der Waals surface area contributed by atoms with E-state index in [0.29, 0.717) is 30.6 Å². The summed E-state index contributed by atoms with van der Waals surface area (Å²) in [6.45, 7) is 2.77. The van der Waals surface area contributed by atoms with E-state index in [2.05, 4.69) is 12.2 Å². The molecule has 4 nitrogen and oxygen atoms in total. The van der Waals surface area contributed by atoms with E-state index in [0.717, 1.165) is 12.7 Å². The summed E-state index contributed by atoms with van der Waals surface area (Å²) in [5, 5.41) is 3.13. The SMILES string of the molecule is CC1CCCCC1NC(=O)CCn1cccc1C=O. The highest BCUT2D eigenvalue weighted by Crippen LogP contribution is 2.23. The van der Waals surface area contributed by atoms with Gasteiger partial charge in [0, 0.05) is 25.2 Å². The predicted molar refractivity (Wildman–Crippen MR) is 74.0 cm³/mol. The molecule has 104 valence electrons. The number of carbonyl (C=O) groups excluding carboxylic acids is 2. The molecule has 1 aliphatic rings. The van der Waals surface area contributed by atoms with Crippen LogP contribution in [0.2, 0.25) is 0 Å². The van der Waals surface area contributed by atoms with Gasteiger partial charge in [0.15, 0.2) is 6.29 Å². The van der Waals surface area contributed by atoms with Crippen molar-refractivity contribution in [3.63, 3.8) is 0 Å². The van der Waals surface area contributed by atoms with Gasteiger partial charge in [0.1, 0.15) is 0 Å². The fraction of sp³-hybridized carbons (Fsp3) is 0.600. The second kappa shape index (κ2) is 6.55. The van der Waals surface area contributed by atoms with Crippen molar-refractivity contribution in [2.45, 2.75) is 51.6 Å². The number of hydrogen-bond acceptors (Lipinski definition) is 2. The van der Waals surface area contributed by atoms with Crippen LogP contribution in [0.15, 0.2) is 18.3 Å². The first-order chi connectivity index (χ1) is 9.20. The lowest BCUT2D eigenvalue weighted by atomic mass is 9.86. The fourth-order valence-electron chi connectivity index (χ4n) is 2.77. The van der Waals surface area contributed by atoms with Gasteiger partial charge in [-0.1, -0.05) is 19.8 Å². The van der Waals surface area contributed by atoms with Crippen molar-refractivity contribution in [2.24, 2.45) is 5.92 Å². The third-order valence-corrected chi connectivity index (χ3v) is 4.02. The van der Waals surface area contributed by atoms with Gasteiger partial charge in [-0.05, 0) is 30.9 Å². The molecule has 1 heterocycles. The van der Waals surface area contributed by atoms with Gasteiger partial charge in [-0.15, -0.1) is 0 Å². The van der Waals surface area contributed by atoms with E-state index in [-0.39, 0.29) is 5.91 Å². The van der Waals surface area contributed by atoms with Crippen LogP contribution in [0, 0.1) is 5.92 Å². The Morgan fingerprint density at radius 2 is 2.26 bits per heavy atom. The Balaban J connectivity index is 1.79. The number of aryl methyl sites for hydroxylation is 1. The highest BCUT2D eigenvalue weighted by Gasteiger charge is 2.22. The third-order valence-electron chi connectivity index (χ3n) is 4.02. The standard InChI is InChI=1S/C15H22N2O2/c1-12-5-2-3-7-14(12)16-15(19)8-10-17-9-4-6-13(17)11-18/h4,6,9,11-12,14H,2-3,5,7-8,10H2,1H3,(H,16,19). The van der Waals surface area contributed by atoms with E-state index in [1.54, 1.807) is 6.07 Å². The number of nitrogens with one attached hydrogen (secondary N) is 1. The Hall–Kier alpha value is -1.58. The maximum atomic E-state index is 11.9. The van der Waals surface area contributed by atoms with Gasteiger partial charge in [-0.3, -0.25) is 9.59 Å². The topological polar surface area (TPSA) is 51.1 Å². The summed E-state index contributed by atoms with van der Waals surface area (Å²) in [6, 6.07) is 3.91. The monoisotopic (exact) mass is 262 g/mol. The predicted octanol–water partition coefficient (Wildman–Crippen LogP) is 2.39. The van der Waals surface area contributed by atoms with Crippen LogP contribution in [0.25, 0.3) is 0 Å². The molecule has 2 atom stereocenters. The molecule has 0 saturated heterocycles. The molecule has 1 amide bonds. The molecule has 0 spiro atoms. The second-order valence-electron chi connectivity index (χ2n) is 5.43. The van der Waals surface area contributed by atoms with Crippen molar-refractivity contribution in [2.75, 3.05) is 0 Å². The van der Waals surface area contributed by atoms with E-state index >= 15 is 0 Å². The van der Waals surface area contributed by atoms with Gasteiger partial charge in [0.05, 0.1) is 5.69 Å². The molecule has 1 aliphatic carbocycles. The number of aromatic nitrogens is 1. The van der Waals surface area contributed by atoms with E-state index in [9.17, 15) is 9.59 Å². The number of rotatable bonds is 5. The Labute approximate surface area is 114 Å². The third kappa shape index (κ3) is 3.69. The molecule has 1 N–H and O–H groups in total. The van der Waals surface area contributed by atoms with Gasteiger partial charge in [0.2, 0.25) is 5.91 Å². The minimum absolute atomic E-state index is 0.0873. The number of carbonyl (C=O) groups is 2. The zero-order chi connectivity index (χ0) is 13.7. The zero-order valence-corrected chi connectivity index (χ0v) is 11.5. The van der Waals surface area contributed by atoms with Gasteiger partial charge >= 0.3 is 0 Å². The Morgan fingerprint density at radius 1 is 1.47 bits per heavy atom. The van der Waals surface area contributed by atoms with Crippen molar-refractivity contribution in [3.8, 4) is 0 Å². The quantitative estimate of drug-likeness (QED) is 0.828. The van der Waals surface area contributed by atoms with Crippen molar-refractivity contribution >= 4 is 12.2 Å². The molecule has 2 unspecified atom stereocenters. The van der Waals surface area contributed by atoms with Crippen LogP contribution in [0.1, 0.15) is 49.5 Å². The normalized spacial score (nSPS) is 23.0. The van der Waals surface area contributed by atoms with Crippen LogP contribution in [-0.4, -0.2) is 22.8 Å². The first kappa shape index (κ1) is 13.8. The van der Waals surface area contributed by atoms with Crippen LogP contribution in [0.5, 0.6) is 0 Å². The highest BCUT2D eigenvalue weighted by atomic mass is 16.1. The van der Waals surface area contributed by atoms with Crippen molar-refractivity contribution in [3.05, 3.63) is 24.0 Å². The van der Waals surface area contributed by atoms with Crippen LogP contribution >= 0.6 is 0 Å². The average molecular weight is 262 g/mol. The molecule has 0 aliphatic heterocycles. The van der Waals surface area contributed by atoms with Gasteiger partial charge in [-0.2, -0.15) is 0 Å². The van der Waals surface area contributed by atoms with Crippen LogP contribution in [0.3, 0.4) is 0 Å². The molecule has 2 rings (SSSR count). The van der Waals surface area contributed by atoms with Gasteiger partial charge in [0.25, 0.3) is 0 Å². The maximum Gasteiger partial charge on any atom is 0.222 e. The number of aldehydes is 1. The molecule has 0 radical (unpaired) electrons. The summed E-state index contributed by atoms with van der Waals surface area (Å²) in [5.41, 5.74) is 0.624.